The average Bonchev–Trinajstić information content (AvgIpc) is 2.93. The van der Waals surface area contributed by atoms with E-state index in [0.717, 1.165) is 6.42 Å². The number of nitrogen functional groups attached to an aromatic ring is 1. The third-order valence-corrected chi connectivity index (χ3v) is 4.29. The number of anilines is 2. The molecule has 3 N–H and O–H groups in total. The summed E-state index contributed by atoms with van der Waals surface area (Å²) in [5.74, 6) is 0.196. The van der Waals surface area contributed by atoms with Crippen LogP contribution in [0.15, 0.2) is 0 Å². The minimum atomic E-state index is -0.0890. The number of nitrogens with zero attached hydrogens (tertiary/aromatic N) is 2. The quantitative estimate of drug-likeness (QED) is 0.857. The highest BCUT2D eigenvalue weighted by Crippen LogP contribution is 2.28. The molecule has 1 fully saturated rings. The van der Waals surface area contributed by atoms with E-state index in [4.69, 9.17) is 10.5 Å². The standard InChI is InChI=1S/C11H18N4O2S/c1-6-7(4-5-17-6)15(3)10(16)8-9(12)14-11(13-2)18-8/h6-7H,4-5,12H2,1-3H3,(H,13,14). The van der Waals surface area contributed by atoms with Crippen molar-refractivity contribution >= 4 is 28.2 Å². The van der Waals surface area contributed by atoms with E-state index in [9.17, 15) is 4.79 Å². The summed E-state index contributed by atoms with van der Waals surface area (Å²) in [4.78, 5) is 18.6. The second-order valence-electron chi connectivity index (χ2n) is 4.33. The predicted octanol–water partition coefficient (Wildman–Crippen LogP) is 1.02. The third kappa shape index (κ3) is 2.28. The molecule has 1 aromatic heterocycles. The number of carbonyl (C=O) groups is 1. The molecule has 100 valence electrons. The summed E-state index contributed by atoms with van der Waals surface area (Å²) < 4.78 is 5.48. The summed E-state index contributed by atoms with van der Waals surface area (Å²) in [6.07, 6.45) is 0.929. The minimum Gasteiger partial charge on any atom is -0.382 e. The molecule has 0 radical (unpaired) electrons. The predicted molar refractivity (Wildman–Crippen MR) is 72.0 cm³/mol. The zero-order valence-electron chi connectivity index (χ0n) is 10.8. The van der Waals surface area contributed by atoms with Crippen molar-refractivity contribution in [1.82, 2.24) is 9.88 Å². The van der Waals surface area contributed by atoms with Crippen LogP contribution in [-0.4, -0.2) is 48.6 Å². The Labute approximate surface area is 110 Å². The Morgan fingerprint density at radius 1 is 1.67 bits per heavy atom. The van der Waals surface area contributed by atoms with Crippen LogP contribution in [0.5, 0.6) is 0 Å². The molecule has 6 nitrogen and oxygen atoms in total. The topological polar surface area (TPSA) is 80.5 Å². The van der Waals surface area contributed by atoms with Gasteiger partial charge in [0.25, 0.3) is 5.91 Å². The van der Waals surface area contributed by atoms with Crippen LogP contribution in [-0.2, 0) is 4.74 Å². The third-order valence-electron chi connectivity index (χ3n) is 3.22. The Bertz CT molecular complexity index is 448. The van der Waals surface area contributed by atoms with E-state index in [1.807, 2.05) is 6.92 Å². The van der Waals surface area contributed by atoms with Crippen LogP contribution in [0.1, 0.15) is 23.0 Å². The van der Waals surface area contributed by atoms with Gasteiger partial charge < -0.3 is 20.7 Å². The monoisotopic (exact) mass is 270 g/mol. The molecular formula is C11H18N4O2S. The van der Waals surface area contributed by atoms with Crippen molar-refractivity contribution in [2.24, 2.45) is 0 Å². The maximum absolute atomic E-state index is 12.4. The van der Waals surface area contributed by atoms with Gasteiger partial charge in [-0.05, 0) is 13.3 Å². The number of likely N-dealkylation sites (N-methyl/N-ethyl adjacent to an activating group) is 1. The first kappa shape index (κ1) is 13.1. The van der Waals surface area contributed by atoms with Crippen molar-refractivity contribution in [1.29, 1.82) is 0 Å². The number of carbonyl (C=O) groups excluding carboxylic acids is 1. The number of nitrogens with one attached hydrogen (secondary N) is 1. The van der Waals surface area contributed by atoms with Gasteiger partial charge in [0.1, 0.15) is 10.7 Å². The maximum atomic E-state index is 12.4. The summed E-state index contributed by atoms with van der Waals surface area (Å²) >= 11 is 1.28. The van der Waals surface area contributed by atoms with Gasteiger partial charge in [0.2, 0.25) is 0 Å². The summed E-state index contributed by atoms with van der Waals surface area (Å²) in [7, 11) is 3.54. The Balaban J connectivity index is 2.17. The normalized spacial score (nSPS) is 23.1. The largest absolute Gasteiger partial charge is 0.382 e. The second kappa shape index (κ2) is 5.11. The van der Waals surface area contributed by atoms with Gasteiger partial charge in [-0.25, -0.2) is 4.98 Å². The Kier molecular flexibility index (Phi) is 3.72. The summed E-state index contributed by atoms with van der Waals surface area (Å²) in [6, 6.07) is 0.108. The molecule has 2 unspecified atom stereocenters. The first-order valence-electron chi connectivity index (χ1n) is 5.87. The highest BCUT2D eigenvalue weighted by Gasteiger charge is 2.32. The molecule has 18 heavy (non-hydrogen) atoms. The molecule has 0 aliphatic carbocycles. The molecule has 1 aliphatic heterocycles. The summed E-state index contributed by atoms with van der Waals surface area (Å²) in [5, 5.41) is 3.55. The van der Waals surface area contributed by atoms with Crippen LogP contribution in [0, 0.1) is 0 Å². The molecule has 7 heteroatoms. The van der Waals surface area contributed by atoms with E-state index < -0.39 is 0 Å². The van der Waals surface area contributed by atoms with Crippen molar-refractivity contribution in [3.05, 3.63) is 4.88 Å². The molecule has 0 spiro atoms. The van der Waals surface area contributed by atoms with Gasteiger partial charge in [0.05, 0.1) is 12.1 Å². The highest BCUT2D eigenvalue weighted by molar-refractivity contribution is 7.18. The van der Waals surface area contributed by atoms with Gasteiger partial charge in [-0.1, -0.05) is 11.3 Å². The first-order chi connectivity index (χ1) is 8.54. The van der Waals surface area contributed by atoms with Gasteiger partial charge >= 0.3 is 0 Å². The lowest BCUT2D eigenvalue weighted by atomic mass is 10.1. The Morgan fingerprint density at radius 2 is 2.39 bits per heavy atom. The fourth-order valence-electron chi connectivity index (χ4n) is 2.13. The zero-order valence-corrected chi connectivity index (χ0v) is 11.6. The van der Waals surface area contributed by atoms with Gasteiger partial charge in [0, 0.05) is 20.7 Å². The number of rotatable bonds is 3. The van der Waals surface area contributed by atoms with Crippen LogP contribution in [0.3, 0.4) is 0 Å². The number of nitrogens with two attached hydrogens (primary N) is 1. The SMILES string of the molecule is CNc1nc(N)c(C(=O)N(C)C2CCOC2C)s1. The van der Waals surface area contributed by atoms with Gasteiger partial charge in [0.15, 0.2) is 5.13 Å². The Hall–Kier alpha value is -1.34. The molecule has 0 bridgehead atoms. The molecule has 2 rings (SSSR count). The lowest BCUT2D eigenvalue weighted by molar-refractivity contribution is 0.0579. The number of aromatic nitrogens is 1. The lowest BCUT2D eigenvalue weighted by Crippen LogP contribution is -2.40. The first-order valence-corrected chi connectivity index (χ1v) is 6.69. The van der Waals surface area contributed by atoms with Crippen LogP contribution in [0.2, 0.25) is 0 Å². The lowest BCUT2D eigenvalue weighted by Gasteiger charge is -2.26. The molecule has 2 atom stereocenters. The van der Waals surface area contributed by atoms with Crippen LogP contribution < -0.4 is 11.1 Å². The zero-order chi connectivity index (χ0) is 13.3. The van der Waals surface area contributed by atoms with Crippen molar-refractivity contribution in [3.63, 3.8) is 0 Å². The van der Waals surface area contributed by atoms with Crippen molar-refractivity contribution in [2.45, 2.75) is 25.5 Å². The van der Waals surface area contributed by atoms with E-state index in [0.29, 0.717) is 16.6 Å². The number of thiazole rings is 1. The number of hydrogen-bond acceptors (Lipinski definition) is 6. The Morgan fingerprint density at radius 3 is 2.89 bits per heavy atom. The van der Waals surface area contributed by atoms with Crippen molar-refractivity contribution in [2.75, 3.05) is 31.8 Å². The summed E-state index contributed by atoms with van der Waals surface area (Å²) in [5.41, 5.74) is 5.77. The fraction of sp³-hybridized carbons (Fsp3) is 0.636. The number of amides is 1. The van der Waals surface area contributed by atoms with E-state index in [2.05, 4.69) is 10.3 Å². The molecule has 2 heterocycles. The van der Waals surface area contributed by atoms with Gasteiger partial charge in [-0.3, -0.25) is 4.79 Å². The van der Waals surface area contributed by atoms with Crippen molar-refractivity contribution < 1.29 is 9.53 Å². The number of ether oxygens (including phenoxy) is 1. The molecule has 1 saturated heterocycles. The summed E-state index contributed by atoms with van der Waals surface area (Å²) in [6.45, 7) is 2.68. The second-order valence-corrected chi connectivity index (χ2v) is 5.33. The maximum Gasteiger partial charge on any atom is 0.267 e. The minimum absolute atomic E-state index is 0.0665. The van der Waals surface area contributed by atoms with Crippen LogP contribution in [0.25, 0.3) is 0 Å². The molecule has 1 aliphatic rings. The van der Waals surface area contributed by atoms with Gasteiger partial charge in [-0.2, -0.15) is 0 Å². The fourth-order valence-corrected chi connectivity index (χ4v) is 2.95. The molecule has 0 saturated carbocycles. The number of hydrogen-bond donors (Lipinski definition) is 2. The average molecular weight is 270 g/mol. The van der Waals surface area contributed by atoms with E-state index in [1.54, 1.807) is 19.0 Å². The van der Waals surface area contributed by atoms with E-state index in [-0.39, 0.29) is 23.9 Å². The van der Waals surface area contributed by atoms with Crippen LogP contribution >= 0.6 is 11.3 Å². The highest BCUT2D eigenvalue weighted by atomic mass is 32.1. The molecule has 1 aromatic rings. The molecule has 1 amide bonds. The van der Waals surface area contributed by atoms with Gasteiger partial charge in [-0.15, -0.1) is 0 Å². The van der Waals surface area contributed by atoms with Crippen molar-refractivity contribution in [3.8, 4) is 0 Å². The molecule has 0 aromatic carbocycles. The smallest absolute Gasteiger partial charge is 0.267 e. The van der Waals surface area contributed by atoms with Crippen LogP contribution in [0.4, 0.5) is 10.9 Å². The molecular weight excluding hydrogens is 252 g/mol. The van der Waals surface area contributed by atoms with E-state index >= 15 is 0 Å². The van der Waals surface area contributed by atoms with E-state index in [1.165, 1.54) is 11.3 Å².